The molecule has 3 rings (SSSR count). The van der Waals surface area contributed by atoms with Crippen molar-refractivity contribution >= 4 is 28.9 Å². The normalized spacial score (nSPS) is 10.8. The molecule has 120 valence electrons. The SMILES string of the molecule is O=C(O)COc1ccccc1/C=N/Nc1ccc2ccccc2n1. The Hall–Kier alpha value is -3.41. The Kier molecular flexibility index (Phi) is 4.67. The number of carbonyl (C=O) groups is 1. The van der Waals surface area contributed by atoms with Crippen molar-refractivity contribution in [3.8, 4) is 5.75 Å². The minimum absolute atomic E-state index is 0.398. The highest BCUT2D eigenvalue weighted by atomic mass is 16.5. The lowest BCUT2D eigenvalue weighted by molar-refractivity contribution is -0.139. The summed E-state index contributed by atoms with van der Waals surface area (Å²) >= 11 is 0. The number of ether oxygens (including phenoxy) is 1. The van der Waals surface area contributed by atoms with E-state index in [0.717, 1.165) is 10.9 Å². The van der Waals surface area contributed by atoms with Crippen LogP contribution in [0.1, 0.15) is 5.56 Å². The number of pyridine rings is 1. The fourth-order valence-electron chi connectivity index (χ4n) is 2.15. The Morgan fingerprint density at radius 3 is 2.79 bits per heavy atom. The van der Waals surface area contributed by atoms with Gasteiger partial charge < -0.3 is 9.84 Å². The smallest absolute Gasteiger partial charge is 0.341 e. The van der Waals surface area contributed by atoms with Gasteiger partial charge in [-0.3, -0.25) is 5.43 Å². The van der Waals surface area contributed by atoms with Gasteiger partial charge in [-0.2, -0.15) is 5.10 Å². The standard InChI is InChI=1S/C18H15N3O3/c22-18(23)12-24-16-8-4-2-6-14(16)11-19-21-17-10-9-13-5-1-3-7-15(13)20-17/h1-11H,12H2,(H,20,21)(H,22,23)/b19-11+. The number of aromatic nitrogens is 1. The van der Waals surface area contributed by atoms with Crippen LogP contribution in [0, 0.1) is 0 Å². The van der Waals surface area contributed by atoms with E-state index >= 15 is 0 Å². The van der Waals surface area contributed by atoms with Crippen molar-refractivity contribution in [3.63, 3.8) is 0 Å². The summed E-state index contributed by atoms with van der Waals surface area (Å²) in [5, 5.41) is 13.9. The number of rotatable bonds is 6. The first-order valence-corrected chi connectivity index (χ1v) is 7.31. The van der Waals surface area contributed by atoms with E-state index in [1.165, 1.54) is 0 Å². The average Bonchev–Trinajstić information content (AvgIpc) is 2.61. The number of carboxylic acid groups (broad SMARTS) is 1. The summed E-state index contributed by atoms with van der Waals surface area (Å²) in [7, 11) is 0. The maximum absolute atomic E-state index is 10.6. The molecule has 0 unspecified atom stereocenters. The van der Waals surface area contributed by atoms with E-state index in [2.05, 4.69) is 15.5 Å². The van der Waals surface area contributed by atoms with Gasteiger partial charge in [0.2, 0.25) is 0 Å². The largest absolute Gasteiger partial charge is 0.481 e. The number of hydrazone groups is 1. The number of hydrogen-bond donors (Lipinski definition) is 2. The summed E-state index contributed by atoms with van der Waals surface area (Å²) in [6, 6.07) is 18.7. The van der Waals surface area contributed by atoms with E-state index in [1.807, 2.05) is 42.5 Å². The predicted molar refractivity (Wildman–Crippen MR) is 92.5 cm³/mol. The summed E-state index contributed by atoms with van der Waals surface area (Å²) in [6.45, 7) is -0.398. The number of hydrogen-bond acceptors (Lipinski definition) is 5. The van der Waals surface area contributed by atoms with Crippen LogP contribution in [-0.4, -0.2) is 28.9 Å². The Labute approximate surface area is 138 Å². The van der Waals surface area contributed by atoms with Crippen LogP contribution in [0.5, 0.6) is 5.75 Å². The molecule has 1 aromatic heterocycles. The lowest BCUT2D eigenvalue weighted by Crippen LogP contribution is -2.10. The van der Waals surface area contributed by atoms with Gasteiger partial charge in [0.25, 0.3) is 0 Å². The molecule has 0 aliphatic carbocycles. The zero-order valence-corrected chi connectivity index (χ0v) is 12.7. The second-order valence-electron chi connectivity index (χ2n) is 4.98. The zero-order chi connectivity index (χ0) is 16.8. The molecule has 0 saturated heterocycles. The Bertz CT molecular complexity index is 893. The molecule has 0 bridgehead atoms. The fraction of sp³-hybridized carbons (Fsp3) is 0.0556. The van der Waals surface area contributed by atoms with Gasteiger partial charge in [-0.15, -0.1) is 0 Å². The van der Waals surface area contributed by atoms with Crippen molar-refractivity contribution in [1.29, 1.82) is 0 Å². The minimum atomic E-state index is -1.03. The van der Waals surface area contributed by atoms with Crippen molar-refractivity contribution in [2.75, 3.05) is 12.0 Å². The van der Waals surface area contributed by atoms with Crippen LogP contribution in [0.15, 0.2) is 65.8 Å². The molecule has 0 spiro atoms. The average molecular weight is 321 g/mol. The first kappa shape index (κ1) is 15.5. The van der Waals surface area contributed by atoms with Gasteiger partial charge in [0.15, 0.2) is 6.61 Å². The third kappa shape index (κ3) is 3.86. The van der Waals surface area contributed by atoms with E-state index in [1.54, 1.807) is 24.4 Å². The van der Waals surface area contributed by atoms with E-state index in [4.69, 9.17) is 9.84 Å². The molecule has 0 aliphatic rings. The van der Waals surface area contributed by atoms with Crippen LogP contribution in [0.3, 0.4) is 0 Å². The minimum Gasteiger partial charge on any atom is -0.481 e. The molecule has 2 N–H and O–H groups in total. The summed E-state index contributed by atoms with van der Waals surface area (Å²) in [5.41, 5.74) is 4.41. The number of nitrogens with zero attached hydrogens (tertiary/aromatic N) is 2. The molecule has 0 saturated carbocycles. The molecule has 24 heavy (non-hydrogen) atoms. The van der Waals surface area contributed by atoms with Crippen LogP contribution >= 0.6 is 0 Å². The van der Waals surface area contributed by atoms with Gasteiger partial charge in [0.1, 0.15) is 11.6 Å². The third-order valence-corrected chi connectivity index (χ3v) is 3.25. The van der Waals surface area contributed by atoms with Crippen LogP contribution in [0.25, 0.3) is 10.9 Å². The molecule has 0 aliphatic heterocycles. The van der Waals surface area contributed by atoms with Crippen LogP contribution < -0.4 is 10.2 Å². The van der Waals surface area contributed by atoms with Crippen LogP contribution in [0.2, 0.25) is 0 Å². The first-order chi connectivity index (χ1) is 11.7. The van der Waals surface area contributed by atoms with E-state index in [9.17, 15) is 4.79 Å². The molecular weight excluding hydrogens is 306 g/mol. The van der Waals surface area contributed by atoms with Gasteiger partial charge in [-0.25, -0.2) is 9.78 Å². The second-order valence-corrected chi connectivity index (χ2v) is 4.98. The number of nitrogens with one attached hydrogen (secondary N) is 1. The molecule has 6 nitrogen and oxygen atoms in total. The summed E-state index contributed by atoms with van der Waals surface area (Å²) in [6.07, 6.45) is 1.56. The van der Waals surface area contributed by atoms with Gasteiger partial charge in [-0.05, 0) is 30.3 Å². The number of benzene rings is 2. The van der Waals surface area contributed by atoms with Crippen molar-refractivity contribution in [2.45, 2.75) is 0 Å². The number of aliphatic carboxylic acids is 1. The quantitative estimate of drug-likeness (QED) is 0.538. The molecule has 6 heteroatoms. The zero-order valence-electron chi connectivity index (χ0n) is 12.7. The van der Waals surface area contributed by atoms with E-state index in [0.29, 0.717) is 17.1 Å². The molecule has 1 heterocycles. The van der Waals surface area contributed by atoms with Crippen molar-refractivity contribution < 1.29 is 14.6 Å². The summed E-state index contributed by atoms with van der Waals surface area (Å²) in [5.74, 6) is 0.0473. The first-order valence-electron chi connectivity index (χ1n) is 7.31. The Balaban J connectivity index is 1.72. The third-order valence-electron chi connectivity index (χ3n) is 3.25. The van der Waals surface area contributed by atoms with Gasteiger partial charge in [0.05, 0.1) is 11.7 Å². The van der Waals surface area contributed by atoms with Gasteiger partial charge in [0, 0.05) is 10.9 Å². The lowest BCUT2D eigenvalue weighted by atomic mass is 10.2. The Morgan fingerprint density at radius 2 is 1.92 bits per heavy atom. The van der Waals surface area contributed by atoms with Crippen molar-refractivity contribution in [3.05, 3.63) is 66.2 Å². The van der Waals surface area contributed by atoms with Gasteiger partial charge in [-0.1, -0.05) is 30.3 Å². The molecule has 2 aromatic carbocycles. The highest BCUT2D eigenvalue weighted by Gasteiger charge is 2.03. The van der Waals surface area contributed by atoms with Crippen molar-refractivity contribution in [1.82, 2.24) is 4.98 Å². The summed E-state index contributed by atoms with van der Waals surface area (Å²) in [4.78, 5) is 15.1. The molecular formula is C18H15N3O3. The number of carboxylic acids is 1. The highest BCUT2D eigenvalue weighted by molar-refractivity contribution is 5.84. The lowest BCUT2D eigenvalue weighted by Gasteiger charge is -2.06. The molecule has 0 radical (unpaired) electrons. The predicted octanol–water partition coefficient (Wildman–Crippen LogP) is 3.14. The molecule has 0 amide bonds. The maximum Gasteiger partial charge on any atom is 0.341 e. The maximum atomic E-state index is 10.6. The number of fused-ring (bicyclic) bond motifs is 1. The number of para-hydroxylation sites is 2. The monoisotopic (exact) mass is 321 g/mol. The van der Waals surface area contributed by atoms with E-state index < -0.39 is 12.6 Å². The van der Waals surface area contributed by atoms with E-state index in [-0.39, 0.29) is 0 Å². The molecule has 0 atom stereocenters. The Morgan fingerprint density at radius 1 is 1.12 bits per heavy atom. The topological polar surface area (TPSA) is 83.8 Å². The van der Waals surface area contributed by atoms with Crippen molar-refractivity contribution in [2.24, 2.45) is 5.10 Å². The molecule has 0 fully saturated rings. The van der Waals surface area contributed by atoms with Crippen LogP contribution in [-0.2, 0) is 4.79 Å². The van der Waals surface area contributed by atoms with Gasteiger partial charge >= 0.3 is 5.97 Å². The fourth-order valence-corrected chi connectivity index (χ4v) is 2.15. The summed E-state index contributed by atoms with van der Waals surface area (Å²) < 4.78 is 5.22. The van der Waals surface area contributed by atoms with Crippen LogP contribution in [0.4, 0.5) is 5.82 Å². The highest BCUT2D eigenvalue weighted by Crippen LogP contribution is 2.17. The number of anilines is 1. The molecule has 3 aromatic rings. The second kappa shape index (κ2) is 7.23.